The summed E-state index contributed by atoms with van der Waals surface area (Å²) in [6.07, 6.45) is 4.78. The first-order chi connectivity index (χ1) is 10.2. The zero-order valence-electron chi connectivity index (χ0n) is 11.7. The Morgan fingerprint density at radius 3 is 2.76 bits per heavy atom. The van der Waals surface area contributed by atoms with Gasteiger partial charge in [-0.1, -0.05) is 5.21 Å². The number of nitrogens with zero attached hydrogens (tertiary/aromatic N) is 4. The number of aliphatic carboxylic acids is 1. The number of nitrogens with one attached hydrogen (secondary N) is 1. The second kappa shape index (κ2) is 5.80. The molecule has 2 aliphatic heterocycles. The summed E-state index contributed by atoms with van der Waals surface area (Å²) in [6.45, 7) is 2.33. The van der Waals surface area contributed by atoms with Crippen molar-refractivity contribution >= 4 is 11.9 Å². The van der Waals surface area contributed by atoms with Gasteiger partial charge in [-0.3, -0.25) is 4.79 Å². The molecule has 1 atom stereocenters. The summed E-state index contributed by atoms with van der Waals surface area (Å²) in [5.41, 5.74) is 0.238. The molecule has 1 amide bonds. The van der Waals surface area contributed by atoms with Crippen molar-refractivity contribution in [3.63, 3.8) is 0 Å². The van der Waals surface area contributed by atoms with Crippen LogP contribution in [0, 0.1) is 0 Å². The van der Waals surface area contributed by atoms with Crippen LogP contribution in [0.15, 0.2) is 6.20 Å². The minimum absolute atomic E-state index is 0.238. The highest BCUT2D eigenvalue weighted by molar-refractivity contribution is 5.95. The van der Waals surface area contributed by atoms with Crippen LogP contribution in [0.4, 0.5) is 0 Å². The fourth-order valence-electron chi connectivity index (χ4n) is 3.04. The van der Waals surface area contributed by atoms with Crippen molar-refractivity contribution in [2.45, 2.75) is 37.8 Å². The number of piperidine rings is 1. The van der Waals surface area contributed by atoms with E-state index in [1.165, 1.54) is 4.90 Å². The van der Waals surface area contributed by atoms with Crippen LogP contribution in [0.3, 0.4) is 0 Å². The van der Waals surface area contributed by atoms with Gasteiger partial charge in [-0.15, -0.1) is 5.10 Å². The average Bonchev–Trinajstić information content (AvgIpc) is 3.17. The number of aromatic nitrogens is 3. The molecule has 2 N–H and O–H groups in total. The molecule has 8 nitrogen and oxygen atoms in total. The van der Waals surface area contributed by atoms with Gasteiger partial charge in [-0.05, 0) is 38.8 Å². The van der Waals surface area contributed by atoms with Gasteiger partial charge in [0, 0.05) is 6.54 Å². The predicted molar refractivity (Wildman–Crippen MR) is 72.9 cm³/mol. The molecular formula is C13H19N5O3. The molecule has 0 radical (unpaired) electrons. The number of amides is 1. The Hall–Kier alpha value is -1.96. The molecule has 3 heterocycles. The third kappa shape index (κ3) is 2.76. The van der Waals surface area contributed by atoms with Crippen LogP contribution in [0.25, 0.3) is 0 Å². The molecule has 21 heavy (non-hydrogen) atoms. The number of carboxylic acid groups (broad SMARTS) is 1. The van der Waals surface area contributed by atoms with Crippen molar-refractivity contribution in [2.75, 3.05) is 19.6 Å². The lowest BCUT2D eigenvalue weighted by atomic mass is 10.1. The van der Waals surface area contributed by atoms with Gasteiger partial charge in [0.2, 0.25) is 0 Å². The van der Waals surface area contributed by atoms with E-state index in [1.807, 2.05) is 0 Å². The summed E-state index contributed by atoms with van der Waals surface area (Å²) in [5, 5.41) is 20.4. The Morgan fingerprint density at radius 2 is 2.05 bits per heavy atom. The van der Waals surface area contributed by atoms with Crippen LogP contribution < -0.4 is 5.32 Å². The van der Waals surface area contributed by atoms with Crippen LogP contribution in [-0.4, -0.2) is 62.6 Å². The molecule has 0 aliphatic carbocycles. The highest BCUT2D eigenvalue weighted by atomic mass is 16.4. The zero-order chi connectivity index (χ0) is 14.8. The fraction of sp³-hybridized carbons (Fsp3) is 0.692. The first kappa shape index (κ1) is 14.0. The molecule has 0 saturated carbocycles. The summed E-state index contributed by atoms with van der Waals surface area (Å²) < 4.78 is 1.74. The third-order valence-corrected chi connectivity index (χ3v) is 4.21. The van der Waals surface area contributed by atoms with E-state index in [0.29, 0.717) is 19.4 Å². The van der Waals surface area contributed by atoms with Crippen LogP contribution in [0.5, 0.6) is 0 Å². The fourth-order valence-corrected chi connectivity index (χ4v) is 3.04. The van der Waals surface area contributed by atoms with Crippen molar-refractivity contribution in [2.24, 2.45) is 0 Å². The van der Waals surface area contributed by atoms with Gasteiger partial charge in [-0.2, -0.15) is 0 Å². The lowest BCUT2D eigenvalue weighted by molar-refractivity contribution is -0.141. The molecule has 2 fully saturated rings. The van der Waals surface area contributed by atoms with Gasteiger partial charge in [-0.25, -0.2) is 9.48 Å². The molecule has 0 bridgehead atoms. The maximum absolute atomic E-state index is 12.4. The van der Waals surface area contributed by atoms with Gasteiger partial charge in [0.15, 0.2) is 5.69 Å². The minimum atomic E-state index is -0.952. The van der Waals surface area contributed by atoms with E-state index < -0.39 is 12.0 Å². The molecule has 1 aromatic heterocycles. The highest BCUT2D eigenvalue weighted by Gasteiger charge is 2.35. The Morgan fingerprint density at radius 1 is 1.29 bits per heavy atom. The van der Waals surface area contributed by atoms with E-state index in [1.54, 1.807) is 10.9 Å². The van der Waals surface area contributed by atoms with E-state index in [0.717, 1.165) is 25.9 Å². The first-order valence-electron chi connectivity index (χ1n) is 7.33. The summed E-state index contributed by atoms with van der Waals surface area (Å²) in [5.74, 6) is -1.29. The topological polar surface area (TPSA) is 100 Å². The average molecular weight is 293 g/mol. The molecule has 8 heteroatoms. The van der Waals surface area contributed by atoms with Crippen LogP contribution >= 0.6 is 0 Å². The Balaban J connectivity index is 1.73. The van der Waals surface area contributed by atoms with Gasteiger partial charge >= 0.3 is 5.97 Å². The monoisotopic (exact) mass is 293 g/mol. The number of carbonyl (C=O) groups is 2. The van der Waals surface area contributed by atoms with Crippen molar-refractivity contribution in [3.05, 3.63) is 11.9 Å². The second-order valence-corrected chi connectivity index (χ2v) is 5.56. The van der Waals surface area contributed by atoms with Gasteiger partial charge < -0.3 is 15.3 Å². The van der Waals surface area contributed by atoms with Crippen LogP contribution in [0.2, 0.25) is 0 Å². The minimum Gasteiger partial charge on any atom is -0.480 e. The lowest BCUT2D eigenvalue weighted by Gasteiger charge is -2.22. The number of carboxylic acids is 1. The first-order valence-corrected chi connectivity index (χ1v) is 7.33. The van der Waals surface area contributed by atoms with Gasteiger partial charge in [0.1, 0.15) is 6.04 Å². The highest BCUT2D eigenvalue weighted by Crippen LogP contribution is 2.21. The molecule has 114 valence electrons. The molecule has 0 aromatic carbocycles. The lowest BCUT2D eigenvalue weighted by Crippen LogP contribution is -2.40. The van der Waals surface area contributed by atoms with E-state index in [-0.39, 0.29) is 17.6 Å². The normalized spacial score (nSPS) is 23.4. The SMILES string of the molecule is O=C(O)[C@@H]1CCCN1C(=O)c1cn(C2CCNCC2)nn1. The van der Waals surface area contributed by atoms with Crippen LogP contribution in [0.1, 0.15) is 42.2 Å². The summed E-state index contributed by atoms with van der Waals surface area (Å²) in [7, 11) is 0. The van der Waals surface area contributed by atoms with Gasteiger partial charge in [0.05, 0.1) is 12.2 Å². The largest absolute Gasteiger partial charge is 0.480 e. The maximum Gasteiger partial charge on any atom is 0.326 e. The van der Waals surface area contributed by atoms with E-state index in [4.69, 9.17) is 5.11 Å². The number of hydrogen-bond acceptors (Lipinski definition) is 5. The summed E-state index contributed by atoms with van der Waals surface area (Å²) >= 11 is 0. The van der Waals surface area contributed by atoms with E-state index >= 15 is 0 Å². The van der Waals surface area contributed by atoms with E-state index in [2.05, 4.69) is 15.6 Å². The van der Waals surface area contributed by atoms with Crippen molar-refractivity contribution in [1.82, 2.24) is 25.2 Å². The van der Waals surface area contributed by atoms with Crippen molar-refractivity contribution < 1.29 is 14.7 Å². The van der Waals surface area contributed by atoms with E-state index in [9.17, 15) is 9.59 Å². The number of likely N-dealkylation sites (tertiary alicyclic amines) is 1. The Labute approximate surface area is 122 Å². The van der Waals surface area contributed by atoms with Crippen molar-refractivity contribution in [3.8, 4) is 0 Å². The smallest absolute Gasteiger partial charge is 0.326 e. The van der Waals surface area contributed by atoms with Crippen LogP contribution in [-0.2, 0) is 4.79 Å². The van der Waals surface area contributed by atoms with Crippen molar-refractivity contribution in [1.29, 1.82) is 0 Å². The Kier molecular flexibility index (Phi) is 3.87. The molecule has 2 aliphatic rings. The zero-order valence-corrected chi connectivity index (χ0v) is 11.7. The second-order valence-electron chi connectivity index (χ2n) is 5.56. The number of carbonyl (C=O) groups excluding carboxylic acids is 1. The third-order valence-electron chi connectivity index (χ3n) is 4.21. The quantitative estimate of drug-likeness (QED) is 0.806. The summed E-state index contributed by atoms with van der Waals surface area (Å²) in [4.78, 5) is 24.9. The molecular weight excluding hydrogens is 274 g/mol. The standard InChI is InChI=1S/C13H19N5O3/c19-12(17-7-1-2-11(17)13(20)21)10-8-18(16-15-10)9-3-5-14-6-4-9/h8-9,11,14H,1-7H2,(H,20,21)/t11-/m0/s1. The molecule has 0 unspecified atom stereocenters. The molecule has 3 rings (SSSR count). The molecule has 1 aromatic rings. The summed E-state index contributed by atoms with van der Waals surface area (Å²) in [6, 6.07) is -0.476. The Bertz CT molecular complexity index is 538. The molecule has 0 spiro atoms. The van der Waals surface area contributed by atoms with Gasteiger partial charge in [0.25, 0.3) is 5.91 Å². The maximum atomic E-state index is 12.4. The number of hydrogen-bond donors (Lipinski definition) is 2. The molecule has 2 saturated heterocycles. The predicted octanol–water partition coefficient (Wildman–Crippen LogP) is -0.108. The number of rotatable bonds is 3.